The van der Waals surface area contributed by atoms with Gasteiger partial charge in [-0.25, -0.2) is 0 Å². The maximum atomic E-state index is 12.8. The first-order chi connectivity index (χ1) is 17.0. The minimum atomic E-state index is -4.41. The monoisotopic (exact) mass is 548 g/mol. The smallest absolute Gasteiger partial charge is 0.340 e. The Balaban J connectivity index is 1.54. The molecule has 192 valence electrons. The molecule has 2 heterocycles. The van der Waals surface area contributed by atoms with Crippen LogP contribution >= 0.6 is 23.5 Å². The van der Waals surface area contributed by atoms with Crippen LogP contribution in [0.25, 0.3) is 11.1 Å². The second-order valence-corrected chi connectivity index (χ2v) is 10.3. The quantitative estimate of drug-likeness (QED) is 0.307. The van der Waals surface area contributed by atoms with Crippen LogP contribution in [0.15, 0.2) is 70.5 Å². The van der Waals surface area contributed by atoms with Gasteiger partial charge in [0.25, 0.3) is 0 Å². The van der Waals surface area contributed by atoms with Crippen molar-refractivity contribution < 1.29 is 45.3 Å². The summed E-state index contributed by atoms with van der Waals surface area (Å²) in [5.74, 6) is -2.73. The van der Waals surface area contributed by atoms with Crippen LogP contribution in [-0.4, -0.2) is 49.0 Å². The number of alkyl halides is 6. The SMILES string of the molecule is FC(F)(F)Sc1ccc(C2=CC3(OCCO3)C(c3ccc(SC(F)(F)F)cc3)=CC23OCCO3)cc1. The molecule has 0 saturated carbocycles. The molecule has 0 radical (unpaired) electrons. The van der Waals surface area contributed by atoms with Crippen molar-refractivity contribution >= 4 is 34.7 Å². The van der Waals surface area contributed by atoms with E-state index in [1.165, 1.54) is 48.5 Å². The van der Waals surface area contributed by atoms with Gasteiger partial charge in [0.15, 0.2) is 0 Å². The van der Waals surface area contributed by atoms with Gasteiger partial charge in [-0.05, 0) is 71.1 Å². The Labute approximate surface area is 210 Å². The number of benzene rings is 2. The Kier molecular flexibility index (Phi) is 6.71. The van der Waals surface area contributed by atoms with E-state index in [1.54, 1.807) is 12.2 Å². The molecule has 5 rings (SSSR count). The molecular weight excluding hydrogens is 530 g/mol. The third kappa shape index (κ3) is 5.34. The molecule has 0 N–H and O–H groups in total. The summed E-state index contributed by atoms with van der Waals surface area (Å²) in [6.07, 6.45) is 3.34. The molecule has 2 aromatic carbocycles. The minimum Gasteiger partial charge on any atom is -0.340 e. The maximum absolute atomic E-state index is 12.8. The Morgan fingerprint density at radius 1 is 0.528 bits per heavy atom. The zero-order chi connectivity index (χ0) is 25.6. The highest BCUT2D eigenvalue weighted by atomic mass is 32.2. The fourth-order valence-corrected chi connectivity index (χ4v) is 5.39. The lowest BCUT2D eigenvalue weighted by atomic mass is 9.82. The van der Waals surface area contributed by atoms with Crippen LogP contribution in [0.4, 0.5) is 26.3 Å². The van der Waals surface area contributed by atoms with Crippen LogP contribution in [0.3, 0.4) is 0 Å². The summed E-state index contributed by atoms with van der Waals surface area (Å²) >= 11 is -0.429. The fraction of sp³-hybridized carbons (Fsp3) is 0.333. The molecule has 0 unspecified atom stereocenters. The lowest BCUT2D eigenvalue weighted by molar-refractivity contribution is -0.0907. The average molecular weight is 549 g/mol. The summed E-state index contributed by atoms with van der Waals surface area (Å²) in [7, 11) is 0. The van der Waals surface area contributed by atoms with Gasteiger partial charge in [-0.1, -0.05) is 24.3 Å². The molecule has 1 aliphatic carbocycles. The topological polar surface area (TPSA) is 36.9 Å². The number of thioether (sulfide) groups is 2. The molecule has 2 spiro atoms. The van der Waals surface area contributed by atoms with Crippen LogP contribution < -0.4 is 0 Å². The third-order valence-corrected chi connectivity index (χ3v) is 7.13. The van der Waals surface area contributed by atoms with E-state index in [-0.39, 0.29) is 59.7 Å². The van der Waals surface area contributed by atoms with E-state index in [4.69, 9.17) is 18.9 Å². The van der Waals surface area contributed by atoms with Crippen molar-refractivity contribution in [2.75, 3.05) is 26.4 Å². The number of rotatable bonds is 4. The summed E-state index contributed by atoms with van der Waals surface area (Å²) in [6, 6.07) is 11.6. The van der Waals surface area contributed by atoms with E-state index in [0.29, 0.717) is 22.3 Å². The Hall–Kier alpha value is -1.96. The average Bonchev–Trinajstić information content (AvgIpc) is 3.45. The first-order valence-electron chi connectivity index (χ1n) is 10.7. The van der Waals surface area contributed by atoms with Crippen molar-refractivity contribution in [3.05, 3.63) is 71.8 Å². The number of hydrogen-bond donors (Lipinski definition) is 0. The summed E-state index contributed by atoms with van der Waals surface area (Å²) < 4.78 is 101. The Morgan fingerprint density at radius 3 is 1.11 bits per heavy atom. The highest BCUT2D eigenvalue weighted by Gasteiger charge is 2.51. The molecule has 2 saturated heterocycles. The van der Waals surface area contributed by atoms with E-state index >= 15 is 0 Å². The van der Waals surface area contributed by atoms with Crippen molar-refractivity contribution in [2.45, 2.75) is 32.4 Å². The lowest BCUT2D eigenvalue weighted by Crippen LogP contribution is -2.41. The molecule has 3 aliphatic rings. The Bertz CT molecular complexity index is 1070. The van der Waals surface area contributed by atoms with E-state index in [1.807, 2.05) is 0 Å². The Morgan fingerprint density at radius 2 is 0.833 bits per heavy atom. The number of hydrogen-bond acceptors (Lipinski definition) is 6. The first-order valence-corrected chi connectivity index (χ1v) is 12.4. The van der Waals surface area contributed by atoms with Gasteiger partial charge < -0.3 is 18.9 Å². The van der Waals surface area contributed by atoms with Gasteiger partial charge >= 0.3 is 11.0 Å². The van der Waals surface area contributed by atoms with Crippen molar-refractivity contribution in [3.8, 4) is 0 Å². The van der Waals surface area contributed by atoms with Crippen LogP contribution in [0.1, 0.15) is 11.1 Å². The summed E-state index contributed by atoms with van der Waals surface area (Å²) in [5, 5.41) is 0. The van der Waals surface area contributed by atoms with Gasteiger partial charge in [0, 0.05) is 20.9 Å². The summed E-state index contributed by atoms with van der Waals surface area (Å²) in [6.45, 7) is 1.05. The normalized spacial score (nSPS) is 21.2. The van der Waals surface area contributed by atoms with Gasteiger partial charge in [-0.15, -0.1) is 0 Å². The van der Waals surface area contributed by atoms with E-state index in [0.717, 1.165) is 0 Å². The van der Waals surface area contributed by atoms with Gasteiger partial charge in [0.05, 0.1) is 26.4 Å². The third-order valence-electron chi connectivity index (χ3n) is 5.65. The van der Waals surface area contributed by atoms with Crippen molar-refractivity contribution in [3.63, 3.8) is 0 Å². The fourth-order valence-electron chi connectivity index (χ4n) is 4.31. The van der Waals surface area contributed by atoms with Gasteiger partial charge in [0.2, 0.25) is 11.6 Å². The van der Waals surface area contributed by atoms with Crippen molar-refractivity contribution in [1.82, 2.24) is 0 Å². The second-order valence-electron chi connectivity index (χ2n) is 7.99. The minimum absolute atomic E-state index is 0.0288. The zero-order valence-electron chi connectivity index (χ0n) is 18.3. The van der Waals surface area contributed by atoms with Crippen LogP contribution in [0, 0.1) is 0 Å². The molecule has 36 heavy (non-hydrogen) atoms. The molecular formula is C24H18F6O4S2. The highest BCUT2D eigenvalue weighted by Crippen LogP contribution is 2.50. The first kappa shape index (κ1) is 25.7. The van der Waals surface area contributed by atoms with Gasteiger partial charge in [0.1, 0.15) is 0 Å². The van der Waals surface area contributed by atoms with Crippen molar-refractivity contribution in [2.24, 2.45) is 0 Å². The molecule has 2 fully saturated rings. The van der Waals surface area contributed by atoms with Gasteiger partial charge in [-0.2, -0.15) is 26.3 Å². The van der Waals surface area contributed by atoms with Crippen LogP contribution in [0.5, 0.6) is 0 Å². The van der Waals surface area contributed by atoms with E-state index < -0.39 is 22.6 Å². The number of halogens is 6. The largest absolute Gasteiger partial charge is 0.446 e. The molecule has 4 nitrogen and oxygen atoms in total. The van der Waals surface area contributed by atoms with Crippen molar-refractivity contribution in [1.29, 1.82) is 0 Å². The van der Waals surface area contributed by atoms with E-state index in [2.05, 4.69) is 0 Å². The maximum Gasteiger partial charge on any atom is 0.446 e. The van der Waals surface area contributed by atoms with E-state index in [9.17, 15) is 26.3 Å². The highest BCUT2D eigenvalue weighted by molar-refractivity contribution is 8.00. The molecule has 0 amide bonds. The molecule has 12 heteroatoms. The summed E-state index contributed by atoms with van der Waals surface area (Å²) in [5.41, 5.74) is -6.72. The molecule has 2 aromatic rings. The lowest BCUT2D eigenvalue weighted by Gasteiger charge is -2.39. The molecule has 0 atom stereocenters. The predicted molar refractivity (Wildman–Crippen MR) is 122 cm³/mol. The number of ether oxygens (including phenoxy) is 4. The molecule has 0 aromatic heterocycles. The van der Waals surface area contributed by atoms with Gasteiger partial charge in [-0.3, -0.25) is 0 Å². The zero-order valence-corrected chi connectivity index (χ0v) is 20.0. The standard InChI is InChI=1S/C24H18F6O4S2/c25-23(26,27)35-17-5-1-15(2-6-17)19-13-22(33-11-12-34-22)20(14-21(19)31-9-10-32-21)16-3-7-18(8-4-16)36-24(28,29)30/h1-8,13-14H,9-12H2. The van der Waals surface area contributed by atoms with Crippen LogP contribution in [-0.2, 0) is 18.9 Å². The second kappa shape index (κ2) is 9.41. The predicted octanol–water partition coefficient (Wildman–Crippen LogP) is 6.88. The summed E-state index contributed by atoms with van der Waals surface area (Å²) in [4.78, 5) is 0.0576. The van der Waals surface area contributed by atoms with Crippen LogP contribution in [0.2, 0.25) is 0 Å². The molecule has 0 bridgehead atoms. The molecule has 2 aliphatic heterocycles.